The van der Waals surface area contributed by atoms with E-state index >= 15 is 0 Å². The maximum absolute atomic E-state index is 13.4. The van der Waals surface area contributed by atoms with Crippen molar-refractivity contribution in [2.45, 2.75) is 12.6 Å². The Morgan fingerprint density at radius 2 is 1.89 bits per heavy atom. The second-order valence-corrected chi connectivity index (χ2v) is 7.90. The molecule has 0 radical (unpaired) electrons. The zero-order valence-electron chi connectivity index (χ0n) is 14.8. The Morgan fingerprint density at radius 1 is 1.04 bits per heavy atom. The van der Waals surface area contributed by atoms with E-state index in [4.69, 9.17) is 9.72 Å². The fraction of sp³-hybridized carbons (Fsp3) is 0.421. The lowest BCUT2D eigenvalue weighted by Crippen LogP contribution is -2.36. The monoisotopic (exact) mass is 385 g/mol. The molecule has 3 aromatic rings. The molecule has 27 heavy (non-hydrogen) atoms. The Hall–Kier alpha value is -2.32. The van der Waals surface area contributed by atoms with Crippen molar-refractivity contribution in [2.24, 2.45) is 0 Å². The SMILES string of the molecule is F[C@@H]1CCN(c2ccc(-c3nc4cnc(N5CCOCC5)cc4s3)cn2)C1. The number of fused-ring (bicyclic) bond motifs is 1. The predicted molar refractivity (Wildman–Crippen MR) is 105 cm³/mol. The Balaban J connectivity index is 1.39. The molecular formula is C19H20FN5OS. The highest BCUT2D eigenvalue weighted by molar-refractivity contribution is 7.21. The fourth-order valence-electron chi connectivity index (χ4n) is 3.54. The lowest BCUT2D eigenvalue weighted by Gasteiger charge is -2.27. The summed E-state index contributed by atoms with van der Waals surface area (Å²) < 4.78 is 19.9. The quantitative estimate of drug-likeness (QED) is 0.690. The Morgan fingerprint density at radius 3 is 2.63 bits per heavy atom. The van der Waals surface area contributed by atoms with Crippen molar-refractivity contribution in [1.29, 1.82) is 0 Å². The van der Waals surface area contributed by atoms with Gasteiger partial charge in [0, 0.05) is 37.5 Å². The number of alkyl halides is 1. The van der Waals surface area contributed by atoms with Gasteiger partial charge in [0.05, 0.1) is 30.7 Å². The molecule has 1 atom stereocenters. The van der Waals surface area contributed by atoms with E-state index in [0.29, 0.717) is 13.0 Å². The van der Waals surface area contributed by atoms with Crippen LogP contribution in [0.25, 0.3) is 20.8 Å². The van der Waals surface area contributed by atoms with Gasteiger partial charge in [-0.15, -0.1) is 11.3 Å². The molecule has 8 heteroatoms. The summed E-state index contributed by atoms with van der Waals surface area (Å²) in [6.07, 6.45) is 3.51. The van der Waals surface area contributed by atoms with Gasteiger partial charge in [-0.05, 0) is 18.6 Å². The van der Waals surface area contributed by atoms with Crippen molar-refractivity contribution >= 4 is 33.2 Å². The highest BCUT2D eigenvalue weighted by Gasteiger charge is 2.22. The van der Waals surface area contributed by atoms with E-state index in [2.05, 4.69) is 20.9 Å². The van der Waals surface area contributed by atoms with Gasteiger partial charge in [-0.25, -0.2) is 19.3 Å². The summed E-state index contributed by atoms with van der Waals surface area (Å²) in [5.74, 6) is 1.81. The lowest BCUT2D eigenvalue weighted by atomic mass is 10.3. The van der Waals surface area contributed by atoms with Crippen LogP contribution < -0.4 is 9.80 Å². The third-order valence-electron chi connectivity index (χ3n) is 5.05. The minimum atomic E-state index is -0.746. The number of ether oxygens (including phenoxy) is 1. The van der Waals surface area contributed by atoms with E-state index in [9.17, 15) is 4.39 Å². The maximum atomic E-state index is 13.4. The molecule has 0 unspecified atom stereocenters. The van der Waals surface area contributed by atoms with Gasteiger partial charge in [-0.1, -0.05) is 0 Å². The summed E-state index contributed by atoms with van der Waals surface area (Å²) in [7, 11) is 0. The third kappa shape index (κ3) is 3.35. The summed E-state index contributed by atoms with van der Waals surface area (Å²) in [6.45, 7) is 4.38. The number of aromatic nitrogens is 3. The van der Waals surface area contributed by atoms with Crippen LogP contribution in [0.5, 0.6) is 0 Å². The molecule has 0 aromatic carbocycles. The van der Waals surface area contributed by atoms with Crippen molar-refractivity contribution in [3.63, 3.8) is 0 Å². The van der Waals surface area contributed by atoms with Gasteiger partial charge in [0.25, 0.3) is 0 Å². The highest BCUT2D eigenvalue weighted by Crippen LogP contribution is 2.32. The average molecular weight is 385 g/mol. The standard InChI is InChI=1S/C19H20FN5OS/c20-14-3-4-25(12-14)17-2-1-13(10-21-17)19-23-15-11-22-18(9-16(15)27-19)24-5-7-26-8-6-24/h1-2,9-11,14H,3-8,12H2/t14-/m1/s1. The van der Waals surface area contributed by atoms with Crippen molar-refractivity contribution in [1.82, 2.24) is 15.0 Å². The first-order chi connectivity index (χ1) is 13.3. The van der Waals surface area contributed by atoms with Crippen LogP contribution in [0, 0.1) is 0 Å². The number of hydrogen-bond acceptors (Lipinski definition) is 7. The topological polar surface area (TPSA) is 54.4 Å². The molecule has 2 fully saturated rings. The Bertz CT molecular complexity index is 941. The van der Waals surface area contributed by atoms with Crippen LogP contribution in [0.1, 0.15) is 6.42 Å². The highest BCUT2D eigenvalue weighted by atomic mass is 32.1. The molecule has 0 bridgehead atoms. The molecule has 2 aliphatic heterocycles. The minimum Gasteiger partial charge on any atom is -0.378 e. The van der Waals surface area contributed by atoms with Gasteiger partial charge in [0.2, 0.25) is 0 Å². The van der Waals surface area contributed by atoms with Crippen LogP contribution >= 0.6 is 11.3 Å². The smallest absolute Gasteiger partial charge is 0.130 e. The van der Waals surface area contributed by atoms with Crippen LogP contribution in [0.15, 0.2) is 30.6 Å². The van der Waals surface area contributed by atoms with Crippen molar-refractivity contribution in [2.75, 3.05) is 49.2 Å². The number of hydrogen-bond donors (Lipinski definition) is 0. The second kappa shape index (κ2) is 7.01. The van der Waals surface area contributed by atoms with Crippen LogP contribution in [-0.4, -0.2) is 60.5 Å². The van der Waals surface area contributed by atoms with Gasteiger partial charge >= 0.3 is 0 Å². The van der Waals surface area contributed by atoms with Crippen LogP contribution in [0.2, 0.25) is 0 Å². The molecule has 2 saturated heterocycles. The zero-order chi connectivity index (χ0) is 18.2. The van der Waals surface area contributed by atoms with E-state index in [-0.39, 0.29) is 0 Å². The Labute approximate surface area is 160 Å². The summed E-state index contributed by atoms with van der Waals surface area (Å²) >= 11 is 1.64. The molecule has 5 rings (SSSR count). The number of pyridine rings is 2. The molecule has 0 aliphatic carbocycles. The first-order valence-corrected chi connectivity index (χ1v) is 10.0. The van der Waals surface area contributed by atoms with Gasteiger partial charge in [0.1, 0.15) is 28.3 Å². The van der Waals surface area contributed by atoms with E-state index in [1.54, 1.807) is 11.3 Å². The summed E-state index contributed by atoms with van der Waals surface area (Å²) in [5, 5.41) is 0.926. The number of anilines is 2. The number of halogens is 1. The largest absolute Gasteiger partial charge is 0.378 e. The lowest BCUT2D eigenvalue weighted by molar-refractivity contribution is 0.122. The first-order valence-electron chi connectivity index (χ1n) is 9.21. The van der Waals surface area contributed by atoms with Gasteiger partial charge in [-0.3, -0.25) is 0 Å². The zero-order valence-corrected chi connectivity index (χ0v) is 15.7. The summed E-state index contributed by atoms with van der Waals surface area (Å²) in [6, 6.07) is 6.08. The summed E-state index contributed by atoms with van der Waals surface area (Å²) in [4.78, 5) is 18.0. The molecule has 0 N–H and O–H groups in total. The molecule has 0 amide bonds. The second-order valence-electron chi connectivity index (χ2n) is 6.87. The van der Waals surface area contributed by atoms with Gasteiger partial charge < -0.3 is 14.5 Å². The molecule has 140 valence electrons. The Kier molecular flexibility index (Phi) is 4.37. The summed E-state index contributed by atoms with van der Waals surface area (Å²) in [5.41, 5.74) is 1.87. The van der Waals surface area contributed by atoms with E-state index in [1.807, 2.05) is 29.4 Å². The molecule has 2 aliphatic rings. The van der Waals surface area contributed by atoms with Crippen molar-refractivity contribution in [3.05, 3.63) is 30.6 Å². The number of morpholine rings is 1. The molecule has 6 nitrogen and oxygen atoms in total. The molecule has 3 aromatic heterocycles. The minimum absolute atomic E-state index is 0.434. The van der Waals surface area contributed by atoms with Gasteiger partial charge in [0.15, 0.2) is 0 Å². The normalized spacial score (nSPS) is 20.6. The van der Waals surface area contributed by atoms with Crippen molar-refractivity contribution in [3.8, 4) is 10.6 Å². The number of thiazole rings is 1. The number of rotatable bonds is 3. The van der Waals surface area contributed by atoms with Crippen LogP contribution in [0.3, 0.4) is 0 Å². The van der Waals surface area contributed by atoms with Crippen LogP contribution in [-0.2, 0) is 4.74 Å². The van der Waals surface area contributed by atoms with E-state index in [1.165, 1.54) is 0 Å². The maximum Gasteiger partial charge on any atom is 0.130 e. The van der Waals surface area contributed by atoms with Gasteiger partial charge in [-0.2, -0.15) is 0 Å². The first kappa shape index (κ1) is 16.8. The molecular weight excluding hydrogens is 365 g/mol. The van der Waals surface area contributed by atoms with Crippen LogP contribution in [0.4, 0.5) is 16.0 Å². The average Bonchev–Trinajstić information content (AvgIpc) is 3.34. The van der Waals surface area contributed by atoms with E-state index in [0.717, 1.165) is 65.3 Å². The number of nitrogens with zero attached hydrogens (tertiary/aromatic N) is 5. The van der Waals surface area contributed by atoms with Crippen molar-refractivity contribution < 1.29 is 9.13 Å². The van der Waals surface area contributed by atoms with E-state index < -0.39 is 6.17 Å². The molecule has 0 spiro atoms. The molecule has 0 saturated carbocycles. The fourth-order valence-corrected chi connectivity index (χ4v) is 4.49. The predicted octanol–water partition coefficient (Wildman–Crippen LogP) is 3.14. The third-order valence-corrected chi connectivity index (χ3v) is 6.11. The molecule has 5 heterocycles.